The highest BCUT2D eigenvalue weighted by molar-refractivity contribution is 9.10. The van der Waals surface area contributed by atoms with Gasteiger partial charge < -0.3 is 5.32 Å². The Hall–Kier alpha value is -3.75. The number of carbonyl (C=O) groups excluding carboxylic acids is 3. The van der Waals surface area contributed by atoms with Crippen LogP contribution in [-0.2, 0) is 11.2 Å². The second kappa shape index (κ2) is 12.5. The van der Waals surface area contributed by atoms with Crippen molar-refractivity contribution in [3.8, 4) is 0 Å². The van der Waals surface area contributed by atoms with Crippen LogP contribution in [0, 0.1) is 0 Å². The summed E-state index contributed by atoms with van der Waals surface area (Å²) >= 11 is 3.43. The van der Waals surface area contributed by atoms with Crippen LogP contribution in [-0.4, -0.2) is 23.1 Å². The molecule has 1 unspecified atom stereocenters. The number of amides is 4. The van der Waals surface area contributed by atoms with Gasteiger partial charge in [-0.1, -0.05) is 70.5 Å². The molecule has 3 aromatic rings. The van der Waals surface area contributed by atoms with Crippen molar-refractivity contribution in [2.45, 2.75) is 18.9 Å². The standard InChI is InChI=1S/C26H24BrN3O4/c27-22-14-8-19(9-15-22)10-16-23(20-12-6-18(7-13-20)11-17-24(31)30-34)28-26(33)29-25(32)21-4-2-1-3-5-21/h1-9,11-15,17,23,34H,10,16H2,(H,30,31)(H2,28,29,32,33). The molecule has 174 valence electrons. The molecule has 0 aliphatic heterocycles. The predicted molar refractivity (Wildman–Crippen MR) is 133 cm³/mol. The zero-order chi connectivity index (χ0) is 24.3. The Morgan fingerprint density at radius 1 is 0.912 bits per heavy atom. The Labute approximate surface area is 206 Å². The quantitative estimate of drug-likeness (QED) is 0.194. The largest absolute Gasteiger partial charge is 0.331 e. The Kier molecular flexibility index (Phi) is 9.13. The number of hydrogen-bond donors (Lipinski definition) is 4. The molecule has 3 rings (SSSR count). The molecular formula is C26H24BrN3O4. The lowest BCUT2D eigenvalue weighted by atomic mass is 9.98. The van der Waals surface area contributed by atoms with E-state index >= 15 is 0 Å². The van der Waals surface area contributed by atoms with Crippen LogP contribution >= 0.6 is 15.9 Å². The number of urea groups is 1. The monoisotopic (exact) mass is 521 g/mol. The molecule has 0 saturated heterocycles. The third kappa shape index (κ3) is 7.68. The Morgan fingerprint density at radius 2 is 1.59 bits per heavy atom. The number of nitrogens with one attached hydrogen (secondary N) is 3. The lowest BCUT2D eigenvalue weighted by molar-refractivity contribution is -0.124. The van der Waals surface area contributed by atoms with Gasteiger partial charge in [-0.25, -0.2) is 10.3 Å². The zero-order valence-corrected chi connectivity index (χ0v) is 19.8. The molecule has 0 radical (unpaired) electrons. The van der Waals surface area contributed by atoms with Gasteiger partial charge in [0, 0.05) is 16.1 Å². The average Bonchev–Trinajstić information content (AvgIpc) is 2.86. The van der Waals surface area contributed by atoms with Gasteiger partial charge in [0.2, 0.25) is 0 Å². The third-order valence-corrected chi connectivity index (χ3v) is 5.61. The molecular weight excluding hydrogens is 498 g/mol. The van der Waals surface area contributed by atoms with Gasteiger partial charge in [-0.05, 0) is 59.9 Å². The number of benzene rings is 3. The fourth-order valence-corrected chi connectivity index (χ4v) is 3.56. The summed E-state index contributed by atoms with van der Waals surface area (Å²) in [6.45, 7) is 0. The number of rotatable bonds is 8. The van der Waals surface area contributed by atoms with E-state index in [1.54, 1.807) is 48.5 Å². The summed E-state index contributed by atoms with van der Waals surface area (Å²) in [6.07, 6.45) is 4.09. The molecule has 0 bridgehead atoms. The van der Waals surface area contributed by atoms with E-state index in [1.807, 2.05) is 36.4 Å². The third-order valence-electron chi connectivity index (χ3n) is 5.08. The lowest BCUT2D eigenvalue weighted by Crippen LogP contribution is -2.41. The van der Waals surface area contributed by atoms with E-state index in [2.05, 4.69) is 26.6 Å². The van der Waals surface area contributed by atoms with E-state index in [1.165, 1.54) is 11.6 Å². The number of carbonyl (C=O) groups is 3. The minimum Gasteiger partial charge on any atom is -0.331 e. The second-order valence-corrected chi connectivity index (χ2v) is 8.40. The fraction of sp³-hybridized carbons (Fsp3) is 0.115. The summed E-state index contributed by atoms with van der Waals surface area (Å²) in [7, 11) is 0. The molecule has 0 aromatic heterocycles. The van der Waals surface area contributed by atoms with Crippen LogP contribution in [0.25, 0.3) is 6.08 Å². The molecule has 0 aliphatic rings. The summed E-state index contributed by atoms with van der Waals surface area (Å²) in [5, 5.41) is 13.9. The molecule has 34 heavy (non-hydrogen) atoms. The topological polar surface area (TPSA) is 108 Å². The van der Waals surface area contributed by atoms with Gasteiger partial charge in [0.05, 0.1) is 6.04 Å². The Bertz CT molecular complexity index is 1150. The molecule has 0 saturated carbocycles. The maximum absolute atomic E-state index is 12.6. The van der Waals surface area contributed by atoms with Crippen molar-refractivity contribution in [3.63, 3.8) is 0 Å². The van der Waals surface area contributed by atoms with E-state index in [0.29, 0.717) is 18.4 Å². The van der Waals surface area contributed by atoms with E-state index < -0.39 is 17.8 Å². The van der Waals surface area contributed by atoms with Crippen LogP contribution in [0.1, 0.15) is 39.5 Å². The fourth-order valence-electron chi connectivity index (χ4n) is 3.29. The van der Waals surface area contributed by atoms with E-state index in [0.717, 1.165) is 21.2 Å². The van der Waals surface area contributed by atoms with Gasteiger partial charge in [0.25, 0.3) is 11.8 Å². The van der Waals surface area contributed by atoms with Gasteiger partial charge in [-0.15, -0.1) is 0 Å². The van der Waals surface area contributed by atoms with Crippen molar-refractivity contribution in [1.82, 2.24) is 16.1 Å². The first-order valence-electron chi connectivity index (χ1n) is 10.6. The first-order chi connectivity index (χ1) is 16.4. The summed E-state index contributed by atoms with van der Waals surface area (Å²) in [5.41, 5.74) is 4.65. The lowest BCUT2D eigenvalue weighted by Gasteiger charge is -2.20. The highest BCUT2D eigenvalue weighted by atomic mass is 79.9. The Morgan fingerprint density at radius 3 is 2.24 bits per heavy atom. The summed E-state index contributed by atoms with van der Waals surface area (Å²) < 4.78 is 0.989. The molecule has 3 aromatic carbocycles. The molecule has 0 fully saturated rings. The zero-order valence-electron chi connectivity index (χ0n) is 18.2. The van der Waals surface area contributed by atoms with Crippen molar-refractivity contribution in [3.05, 3.63) is 112 Å². The normalized spacial score (nSPS) is 11.6. The number of imide groups is 1. The second-order valence-electron chi connectivity index (χ2n) is 7.49. The molecule has 0 spiro atoms. The smallest absolute Gasteiger partial charge is 0.322 e. The Balaban J connectivity index is 1.72. The SMILES string of the molecule is O=C(C=Cc1ccc(C(CCc2ccc(Br)cc2)NC(=O)NC(=O)c2ccccc2)cc1)NO. The number of hydrogen-bond acceptors (Lipinski definition) is 4. The summed E-state index contributed by atoms with van der Waals surface area (Å²) in [6, 6.07) is 22.9. The average molecular weight is 522 g/mol. The van der Waals surface area contributed by atoms with E-state index in [4.69, 9.17) is 5.21 Å². The highest BCUT2D eigenvalue weighted by Crippen LogP contribution is 2.21. The minimum atomic E-state index is -0.627. The van der Waals surface area contributed by atoms with Gasteiger partial charge in [-0.2, -0.15) is 0 Å². The highest BCUT2D eigenvalue weighted by Gasteiger charge is 2.17. The van der Waals surface area contributed by atoms with E-state index in [-0.39, 0.29) is 6.04 Å². The van der Waals surface area contributed by atoms with Gasteiger partial charge in [0.1, 0.15) is 0 Å². The van der Waals surface area contributed by atoms with Gasteiger partial charge in [0.15, 0.2) is 0 Å². The molecule has 0 aliphatic carbocycles. The van der Waals surface area contributed by atoms with Gasteiger partial charge in [-0.3, -0.25) is 20.1 Å². The maximum Gasteiger partial charge on any atom is 0.322 e. The molecule has 8 heteroatoms. The molecule has 4 N–H and O–H groups in total. The van der Waals surface area contributed by atoms with Crippen molar-refractivity contribution < 1.29 is 19.6 Å². The summed E-state index contributed by atoms with van der Waals surface area (Å²) in [4.78, 5) is 36.1. The van der Waals surface area contributed by atoms with Crippen LogP contribution < -0.4 is 16.1 Å². The van der Waals surface area contributed by atoms with Crippen LogP contribution in [0.3, 0.4) is 0 Å². The van der Waals surface area contributed by atoms with Crippen LogP contribution in [0.15, 0.2) is 89.4 Å². The predicted octanol–water partition coefficient (Wildman–Crippen LogP) is 4.78. The van der Waals surface area contributed by atoms with Crippen molar-refractivity contribution in [1.29, 1.82) is 0 Å². The first kappa shape index (κ1) is 24.9. The maximum atomic E-state index is 12.6. The van der Waals surface area contributed by atoms with Crippen molar-refractivity contribution >= 4 is 39.9 Å². The number of aryl methyl sites for hydroxylation is 1. The minimum absolute atomic E-state index is 0.356. The van der Waals surface area contributed by atoms with Crippen LogP contribution in [0.4, 0.5) is 4.79 Å². The van der Waals surface area contributed by atoms with E-state index in [9.17, 15) is 14.4 Å². The van der Waals surface area contributed by atoms with Crippen LogP contribution in [0.5, 0.6) is 0 Å². The number of hydroxylamine groups is 1. The summed E-state index contributed by atoms with van der Waals surface area (Å²) in [5.74, 6) is -1.11. The molecule has 0 heterocycles. The molecule has 4 amide bonds. The number of halogens is 1. The molecule has 7 nitrogen and oxygen atoms in total. The van der Waals surface area contributed by atoms with Crippen molar-refractivity contribution in [2.24, 2.45) is 0 Å². The van der Waals surface area contributed by atoms with Gasteiger partial charge >= 0.3 is 6.03 Å². The van der Waals surface area contributed by atoms with Crippen LogP contribution in [0.2, 0.25) is 0 Å². The molecule has 1 atom stereocenters. The van der Waals surface area contributed by atoms with Crippen molar-refractivity contribution in [2.75, 3.05) is 0 Å². The first-order valence-corrected chi connectivity index (χ1v) is 11.4.